The van der Waals surface area contributed by atoms with Crippen molar-refractivity contribution in [1.82, 2.24) is 20.0 Å². The number of ether oxygens (including phenoxy) is 1. The van der Waals surface area contributed by atoms with Crippen molar-refractivity contribution in [2.45, 2.75) is 20.4 Å². The molecule has 0 radical (unpaired) electrons. The number of hydrogen-bond acceptors (Lipinski definition) is 4. The molecule has 0 fully saturated rings. The molecule has 24 heavy (non-hydrogen) atoms. The van der Waals surface area contributed by atoms with E-state index in [1.807, 2.05) is 47.3 Å². The van der Waals surface area contributed by atoms with Gasteiger partial charge in [0.05, 0.1) is 25.0 Å². The molecule has 0 amide bonds. The van der Waals surface area contributed by atoms with Crippen molar-refractivity contribution >= 4 is 0 Å². The summed E-state index contributed by atoms with van der Waals surface area (Å²) in [7, 11) is 1.58. The highest BCUT2D eigenvalue weighted by atomic mass is 16.5. The van der Waals surface area contributed by atoms with Gasteiger partial charge >= 0.3 is 0 Å². The average molecular weight is 320 g/mol. The number of allylic oxidation sites excluding steroid dienone is 2. The van der Waals surface area contributed by atoms with Crippen LogP contribution in [0, 0.1) is 0 Å². The van der Waals surface area contributed by atoms with Crippen LogP contribution in [0.15, 0.2) is 60.3 Å². The Balaban J connectivity index is 1.86. The number of rotatable bonds is 5. The Kier molecular flexibility index (Phi) is 4.70. The van der Waals surface area contributed by atoms with Crippen molar-refractivity contribution in [3.05, 3.63) is 60.3 Å². The van der Waals surface area contributed by atoms with Gasteiger partial charge < -0.3 is 4.74 Å². The number of aromatic nitrogens is 4. The zero-order valence-corrected chi connectivity index (χ0v) is 14.1. The summed E-state index contributed by atoms with van der Waals surface area (Å²) in [5, 5.41) is 12.9. The monoisotopic (exact) mass is 320 g/mol. The maximum absolute atomic E-state index is 5.05. The molecule has 0 aliphatic carbocycles. The third kappa shape index (κ3) is 3.68. The predicted octanol–water partition coefficient (Wildman–Crippen LogP) is 3.98. The van der Waals surface area contributed by atoms with Crippen LogP contribution in [0.5, 0.6) is 5.88 Å². The molecule has 0 aliphatic heterocycles. The van der Waals surface area contributed by atoms with E-state index in [0.29, 0.717) is 5.88 Å². The van der Waals surface area contributed by atoms with E-state index in [0.717, 1.165) is 29.1 Å². The lowest BCUT2D eigenvalue weighted by Gasteiger charge is -2.04. The molecular formula is C19H20N4O. The van der Waals surface area contributed by atoms with Gasteiger partial charge in [0.25, 0.3) is 0 Å². The van der Waals surface area contributed by atoms with Gasteiger partial charge in [-0.25, -0.2) is 0 Å². The molecule has 0 saturated heterocycles. The minimum absolute atomic E-state index is 0.507. The van der Waals surface area contributed by atoms with Crippen LogP contribution in [-0.2, 0) is 6.54 Å². The van der Waals surface area contributed by atoms with E-state index in [1.165, 1.54) is 5.57 Å². The first-order chi connectivity index (χ1) is 11.7. The first-order valence-electron chi connectivity index (χ1n) is 7.81. The minimum atomic E-state index is 0.507. The van der Waals surface area contributed by atoms with Crippen LogP contribution in [0.2, 0.25) is 0 Å². The summed E-state index contributed by atoms with van der Waals surface area (Å²) >= 11 is 0. The molecule has 2 aromatic heterocycles. The van der Waals surface area contributed by atoms with Gasteiger partial charge in [-0.1, -0.05) is 29.8 Å². The summed E-state index contributed by atoms with van der Waals surface area (Å²) in [6, 6.07) is 13.9. The number of benzene rings is 1. The third-order valence-corrected chi connectivity index (χ3v) is 3.63. The maximum Gasteiger partial charge on any atom is 0.233 e. The van der Waals surface area contributed by atoms with Crippen LogP contribution in [0.1, 0.15) is 13.8 Å². The Morgan fingerprint density at radius 2 is 1.83 bits per heavy atom. The number of hydrogen-bond donors (Lipinski definition) is 0. The fourth-order valence-electron chi connectivity index (χ4n) is 2.31. The van der Waals surface area contributed by atoms with E-state index >= 15 is 0 Å². The van der Waals surface area contributed by atoms with Crippen LogP contribution in [0.3, 0.4) is 0 Å². The lowest BCUT2D eigenvalue weighted by molar-refractivity contribution is 0.392. The second-order valence-corrected chi connectivity index (χ2v) is 5.75. The summed E-state index contributed by atoms with van der Waals surface area (Å²) in [5.41, 5.74) is 5.09. The van der Waals surface area contributed by atoms with Crippen molar-refractivity contribution in [3.8, 4) is 28.4 Å². The molecule has 0 aliphatic rings. The molecule has 0 unspecified atom stereocenters. The highest BCUT2D eigenvalue weighted by Crippen LogP contribution is 2.24. The molecular weight excluding hydrogens is 300 g/mol. The maximum atomic E-state index is 5.05. The van der Waals surface area contributed by atoms with Crippen molar-refractivity contribution in [2.75, 3.05) is 7.11 Å². The molecule has 3 rings (SSSR count). The van der Waals surface area contributed by atoms with Crippen LogP contribution in [-0.4, -0.2) is 27.1 Å². The van der Waals surface area contributed by atoms with Crippen molar-refractivity contribution in [2.24, 2.45) is 0 Å². The smallest absolute Gasteiger partial charge is 0.233 e. The Morgan fingerprint density at radius 3 is 2.50 bits per heavy atom. The lowest BCUT2D eigenvalue weighted by Crippen LogP contribution is -1.96. The molecule has 122 valence electrons. The standard InChI is InChI=1S/C19H20N4O/c1-14(2)9-11-23-12-10-18(22-23)16-6-4-5-15(13-16)17-7-8-19(24-3)21-20-17/h4-10,12-13H,11H2,1-3H3. The highest BCUT2D eigenvalue weighted by molar-refractivity contribution is 5.69. The SMILES string of the molecule is COc1ccc(-c2cccc(-c3ccn(CC=C(C)C)n3)c2)nn1. The van der Waals surface area contributed by atoms with Gasteiger partial charge in [0.15, 0.2) is 0 Å². The van der Waals surface area contributed by atoms with E-state index in [2.05, 4.69) is 41.3 Å². The second kappa shape index (κ2) is 7.08. The Hall–Kier alpha value is -2.95. The molecule has 0 spiro atoms. The van der Waals surface area contributed by atoms with Crippen molar-refractivity contribution in [1.29, 1.82) is 0 Å². The Bertz CT molecular complexity index is 846. The van der Waals surface area contributed by atoms with Gasteiger partial charge in [-0.05, 0) is 32.0 Å². The molecule has 0 N–H and O–H groups in total. The van der Waals surface area contributed by atoms with Crippen LogP contribution in [0.4, 0.5) is 0 Å². The summed E-state index contributed by atoms with van der Waals surface area (Å²) in [6.45, 7) is 4.96. The van der Waals surface area contributed by atoms with E-state index < -0.39 is 0 Å². The van der Waals surface area contributed by atoms with Gasteiger partial charge in [0, 0.05) is 23.4 Å². The minimum Gasteiger partial charge on any atom is -0.480 e. The van der Waals surface area contributed by atoms with E-state index in [4.69, 9.17) is 4.74 Å². The van der Waals surface area contributed by atoms with E-state index in [1.54, 1.807) is 7.11 Å². The number of methoxy groups -OCH3 is 1. The van der Waals surface area contributed by atoms with Gasteiger partial charge in [-0.15, -0.1) is 10.2 Å². The summed E-state index contributed by atoms with van der Waals surface area (Å²) in [5.74, 6) is 0.507. The fourth-order valence-corrected chi connectivity index (χ4v) is 2.31. The van der Waals surface area contributed by atoms with Gasteiger partial charge in [-0.3, -0.25) is 4.68 Å². The molecule has 3 aromatic rings. The van der Waals surface area contributed by atoms with Gasteiger partial charge in [-0.2, -0.15) is 5.10 Å². The molecule has 0 atom stereocenters. The van der Waals surface area contributed by atoms with Crippen molar-refractivity contribution < 1.29 is 4.74 Å². The van der Waals surface area contributed by atoms with Crippen LogP contribution in [0.25, 0.3) is 22.5 Å². The second-order valence-electron chi connectivity index (χ2n) is 5.75. The van der Waals surface area contributed by atoms with E-state index in [9.17, 15) is 0 Å². The molecule has 5 nitrogen and oxygen atoms in total. The predicted molar refractivity (Wildman–Crippen MR) is 94.7 cm³/mol. The highest BCUT2D eigenvalue weighted by Gasteiger charge is 2.06. The largest absolute Gasteiger partial charge is 0.480 e. The quantitative estimate of drug-likeness (QED) is 0.667. The third-order valence-electron chi connectivity index (χ3n) is 3.63. The normalized spacial score (nSPS) is 10.5. The molecule has 0 saturated carbocycles. The molecule has 2 heterocycles. The van der Waals surface area contributed by atoms with Crippen LogP contribution < -0.4 is 4.74 Å². The number of nitrogens with zero attached hydrogens (tertiary/aromatic N) is 4. The first-order valence-corrected chi connectivity index (χ1v) is 7.81. The molecule has 0 bridgehead atoms. The van der Waals surface area contributed by atoms with Crippen LogP contribution >= 0.6 is 0 Å². The Labute approximate surface area is 141 Å². The lowest BCUT2D eigenvalue weighted by atomic mass is 10.1. The topological polar surface area (TPSA) is 52.8 Å². The van der Waals surface area contributed by atoms with Crippen molar-refractivity contribution in [3.63, 3.8) is 0 Å². The zero-order valence-electron chi connectivity index (χ0n) is 14.1. The average Bonchev–Trinajstić information content (AvgIpc) is 3.09. The Morgan fingerprint density at radius 1 is 1.04 bits per heavy atom. The molecule has 5 heteroatoms. The zero-order chi connectivity index (χ0) is 16.9. The summed E-state index contributed by atoms with van der Waals surface area (Å²) in [4.78, 5) is 0. The van der Waals surface area contributed by atoms with Gasteiger partial charge in [0.1, 0.15) is 0 Å². The molecule has 1 aromatic carbocycles. The summed E-state index contributed by atoms with van der Waals surface area (Å²) in [6.07, 6.45) is 4.15. The van der Waals surface area contributed by atoms with Gasteiger partial charge in [0.2, 0.25) is 5.88 Å². The summed E-state index contributed by atoms with van der Waals surface area (Å²) < 4.78 is 6.98. The first kappa shape index (κ1) is 15.9. The fraction of sp³-hybridized carbons (Fsp3) is 0.211. The van der Waals surface area contributed by atoms with E-state index in [-0.39, 0.29) is 0 Å².